The maximum Gasteiger partial charge on any atom is 0.175 e. The average Bonchev–Trinajstić information content (AvgIpc) is 2.47. The van der Waals surface area contributed by atoms with Gasteiger partial charge in [-0.05, 0) is 30.3 Å². The molecule has 1 N–H and O–H groups in total. The molecule has 0 atom stereocenters. The zero-order chi connectivity index (χ0) is 13.1. The normalized spacial score (nSPS) is 11.2. The molecule has 1 heterocycles. The van der Waals surface area contributed by atoms with Gasteiger partial charge < -0.3 is 5.11 Å². The molecule has 0 spiro atoms. The van der Waals surface area contributed by atoms with Crippen molar-refractivity contribution < 1.29 is 5.11 Å². The first-order valence-electron chi connectivity index (χ1n) is 5.88. The number of hydrogen-bond donors (Lipinski definition) is 1. The van der Waals surface area contributed by atoms with Crippen molar-refractivity contribution in [1.82, 2.24) is 4.98 Å². The number of aromatic nitrogens is 1. The minimum atomic E-state index is 0.147. The maximum atomic E-state index is 9.75. The van der Waals surface area contributed by atoms with Gasteiger partial charge in [0.2, 0.25) is 0 Å². The fourth-order valence-corrected chi connectivity index (χ4v) is 1.78. The summed E-state index contributed by atoms with van der Waals surface area (Å²) in [5, 5.41) is 18.8. The average molecular weight is 249 g/mol. The fraction of sp³-hybridized carbons (Fsp3) is 0. The first kappa shape index (κ1) is 11.3. The number of rotatable bonds is 2. The van der Waals surface area contributed by atoms with Gasteiger partial charge in [-0.25, -0.2) is 4.98 Å². The Morgan fingerprint density at radius 3 is 2.47 bits per heavy atom. The Morgan fingerprint density at radius 1 is 0.789 bits per heavy atom. The topological polar surface area (TPSA) is 57.8 Å². The lowest BCUT2D eigenvalue weighted by Crippen LogP contribution is -1.79. The summed E-state index contributed by atoms with van der Waals surface area (Å²) in [6, 6.07) is 18.4. The van der Waals surface area contributed by atoms with Gasteiger partial charge in [-0.2, -0.15) is 0 Å². The van der Waals surface area contributed by atoms with Crippen LogP contribution in [0.25, 0.3) is 10.9 Å². The number of fused-ring (bicyclic) bond motifs is 1. The lowest BCUT2D eigenvalue weighted by molar-refractivity contribution is 0.480. The summed E-state index contributed by atoms with van der Waals surface area (Å²) in [7, 11) is 0. The van der Waals surface area contributed by atoms with E-state index in [0.29, 0.717) is 11.3 Å². The summed E-state index contributed by atoms with van der Waals surface area (Å²) in [6.45, 7) is 0. The van der Waals surface area contributed by atoms with Gasteiger partial charge in [0.15, 0.2) is 5.82 Å². The summed E-state index contributed by atoms with van der Waals surface area (Å²) in [5.74, 6) is 0.618. The fourth-order valence-electron chi connectivity index (χ4n) is 1.78. The Balaban J connectivity index is 1.98. The molecule has 0 amide bonds. The van der Waals surface area contributed by atoms with E-state index in [4.69, 9.17) is 0 Å². The van der Waals surface area contributed by atoms with Crippen molar-refractivity contribution in [3.05, 3.63) is 60.7 Å². The third kappa shape index (κ3) is 2.42. The molecule has 4 heteroatoms. The third-order valence-electron chi connectivity index (χ3n) is 2.71. The van der Waals surface area contributed by atoms with Crippen LogP contribution in [0, 0.1) is 0 Å². The number of phenolic OH excluding ortho intramolecular Hbond substituents is 1. The maximum absolute atomic E-state index is 9.75. The number of pyridine rings is 1. The molecular weight excluding hydrogens is 238 g/mol. The summed E-state index contributed by atoms with van der Waals surface area (Å²) in [5.41, 5.74) is 1.30. The largest absolute Gasteiger partial charge is 0.506 e. The molecule has 4 nitrogen and oxygen atoms in total. The van der Waals surface area contributed by atoms with E-state index in [0.717, 1.165) is 11.1 Å². The number of benzene rings is 2. The molecule has 0 aliphatic heterocycles. The minimum Gasteiger partial charge on any atom is -0.506 e. The highest BCUT2D eigenvalue weighted by Crippen LogP contribution is 2.25. The monoisotopic (exact) mass is 249 g/mol. The molecule has 1 aromatic heterocycles. The number of aromatic hydroxyl groups is 1. The van der Waals surface area contributed by atoms with Crippen LogP contribution in [0.3, 0.4) is 0 Å². The van der Waals surface area contributed by atoms with Crippen molar-refractivity contribution in [3.63, 3.8) is 0 Å². The molecular formula is C15H11N3O. The van der Waals surface area contributed by atoms with Crippen LogP contribution in [0.4, 0.5) is 11.5 Å². The van der Waals surface area contributed by atoms with Crippen LogP contribution in [0.15, 0.2) is 70.9 Å². The lowest BCUT2D eigenvalue weighted by Gasteiger charge is -2.00. The number of nitrogens with zero attached hydrogens (tertiary/aromatic N) is 3. The molecule has 92 valence electrons. The summed E-state index contributed by atoms with van der Waals surface area (Å²) < 4.78 is 0. The molecule has 0 radical (unpaired) electrons. The van der Waals surface area contributed by atoms with Gasteiger partial charge in [-0.3, -0.25) is 0 Å². The van der Waals surface area contributed by atoms with Crippen molar-refractivity contribution in [2.45, 2.75) is 0 Å². The zero-order valence-corrected chi connectivity index (χ0v) is 10.1. The predicted molar refractivity (Wildman–Crippen MR) is 74.0 cm³/mol. The van der Waals surface area contributed by atoms with Crippen LogP contribution >= 0.6 is 0 Å². The zero-order valence-electron chi connectivity index (χ0n) is 10.1. The first-order valence-corrected chi connectivity index (χ1v) is 5.88. The number of para-hydroxylation sites is 1. The molecule has 0 fully saturated rings. The van der Waals surface area contributed by atoms with Crippen LogP contribution in [0.5, 0.6) is 5.75 Å². The van der Waals surface area contributed by atoms with Gasteiger partial charge in [0.05, 0.1) is 5.69 Å². The van der Waals surface area contributed by atoms with E-state index in [-0.39, 0.29) is 5.75 Å². The second-order valence-electron chi connectivity index (χ2n) is 4.05. The molecule has 0 aliphatic carbocycles. The quantitative estimate of drug-likeness (QED) is 0.686. The van der Waals surface area contributed by atoms with Crippen LogP contribution in [-0.2, 0) is 0 Å². The second-order valence-corrected chi connectivity index (χ2v) is 4.05. The summed E-state index contributed by atoms with van der Waals surface area (Å²) in [4.78, 5) is 4.28. The minimum absolute atomic E-state index is 0.147. The lowest BCUT2D eigenvalue weighted by atomic mass is 10.2. The Kier molecular flexibility index (Phi) is 2.90. The number of phenols is 1. The van der Waals surface area contributed by atoms with E-state index >= 15 is 0 Å². The highest BCUT2D eigenvalue weighted by Gasteiger charge is 2.01. The Labute approximate surface area is 110 Å². The first-order chi connectivity index (χ1) is 9.33. The highest BCUT2D eigenvalue weighted by molar-refractivity contribution is 5.85. The number of hydrogen-bond acceptors (Lipinski definition) is 4. The van der Waals surface area contributed by atoms with Gasteiger partial charge in [0.25, 0.3) is 0 Å². The van der Waals surface area contributed by atoms with Crippen molar-refractivity contribution in [2.75, 3.05) is 0 Å². The molecule has 19 heavy (non-hydrogen) atoms. The van der Waals surface area contributed by atoms with E-state index in [9.17, 15) is 5.11 Å². The van der Waals surface area contributed by atoms with Gasteiger partial charge in [0.1, 0.15) is 11.3 Å². The summed E-state index contributed by atoms with van der Waals surface area (Å²) in [6.07, 6.45) is 0. The van der Waals surface area contributed by atoms with Crippen molar-refractivity contribution in [1.29, 1.82) is 0 Å². The predicted octanol–water partition coefficient (Wildman–Crippen LogP) is 4.36. The molecule has 2 aromatic carbocycles. The van der Waals surface area contributed by atoms with E-state index in [2.05, 4.69) is 15.2 Å². The van der Waals surface area contributed by atoms with Crippen molar-refractivity contribution in [3.8, 4) is 5.75 Å². The standard InChI is InChI=1S/C15H11N3O/c19-13-8-4-5-11-9-10-14(16-15(11)13)18-17-12-6-2-1-3-7-12/h1-10,19H. The Bertz CT molecular complexity index is 739. The Morgan fingerprint density at radius 2 is 1.63 bits per heavy atom. The summed E-state index contributed by atoms with van der Waals surface area (Å²) >= 11 is 0. The van der Waals surface area contributed by atoms with E-state index in [1.54, 1.807) is 18.2 Å². The van der Waals surface area contributed by atoms with E-state index < -0.39 is 0 Å². The highest BCUT2D eigenvalue weighted by atomic mass is 16.3. The van der Waals surface area contributed by atoms with E-state index in [1.165, 1.54) is 0 Å². The van der Waals surface area contributed by atoms with Gasteiger partial charge in [-0.1, -0.05) is 30.3 Å². The molecule has 0 unspecified atom stereocenters. The molecule has 0 saturated heterocycles. The third-order valence-corrected chi connectivity index (χ3v) is 2.71. The number of azo groups is 1. The molecule has 0 saturated carbocycles. The van der Waals surface area contributed by atoms with Gasteiger partial charge >= 0.3 is 0 Å². The molecule has 3 rings (SSSR count). The smallest absolute Gasteiger partial charge is 0.175 e. The molecule has 3 aromatic rings. The van der Waals surface area contributed by atoms with Crippen LogP contribution in [0.1, 0.15) is 0 Å². The van der Waals surface area contributed by atoms with Crippen molar-refractivity contribution in [2.24, 2.45) is 10.2 Å². The van der Waals surface area contributed by atoms with Gasteiger partial charge in [-0.15, -0.1) is 10.2 Å². The van der Waals surface area contributed by atoms with E-state index in [1.807, 2.05) is 42.5 Å². The van der Waals surface area contributed by atoms with Gasteiger partial charge in [0, 0.05) is 5.39 Å². The van der Waals surface area contributed by atoms with Crippen LogP contribution < -0.4 is 0 Å². The molecule has 0 bridgehead atoms. The van der Waals surface area contributed by atoms with Crippen LogP contribution in [0.2, 0.25) is 0 Å². The SMILES string of the molecule is Oc1cccc2ccc(N=Nc3ccccc3)nc12. The van der Waals surface area contributed by atoms with Crippen LogP contribution in [-0.4, -0.2) is 10.1 Å². The Hall–Kier alpha value is -2.75. The molecule has 0 aliphatic rings. The second kappa shape index (κ2) is 4.86. The van der Waals surface area contributed by atoms with Crippen molar-refractivity contribution >= 4 is 22.4 Å².